The van der Waals surface area contributed by atoms with Gasteiger partial charge in [-0.05, 0) is 37.3 Å². The zero-order valence-electron chi connectivity index (χ0n) is 21.7. The van der Waals surface area contributed by atoms with Crippen molar-refractivity contribution in [2.75, 3.05) is 29.9 Å². The molecule has 0 unspecified atom stereocenters. The number of amides is 3. The molecule has 0 radical (unpaired) electrons. The Bertz CT molecular complexity index is 1590. The zero-order valence-corrected chi connectivity index (χ0v) is 22.5. The van der Waals surface area contributed by atoms with Crippen LogP contribution in [0.4, 0.5) is 34.1 Å². The standard InChI is InChI=1S/C26H22ClN7O7/c1-3-31(10-11-32-25(36)18-6-4-5-7-19(18)26(32)37)16-8-9-21(22(13-16)28-15(2)35)29-30-24-20(27)12-17(33(38)39)14-23(24)34(40)41/h4-9,12-14H,3,10-11H2,1-2H3,(H,28,35). The Labute approximate surface area is 237 Å². The van der Waals surface area contributed by atoms with Crippen LogP contribution in [0.3, 0.4) is 0 Å². The zero-order chi connectivity index (χ0) is 29.8. The molecule has 4 rings (SSSR count). The molecule has 1 aliphatic heterocycles. The molecular weight excluding hydrogens is 558 g/mol. The summed E-state index contributed by atoms with van der Waals surface area (Å²) in [6.07, 6.45) is 0. The lowest BCUT2D eigenvalue weighted by molar-refractivity contribution is -0.393. The predicted octanol–water partition coefficient (Wildman–Crippen LogP) is 5.65. The smallest absolute Gasteiger partial charge is 0.305 e. The lowest BCUT2D eigenvalue weighted by Gasteiger charge is -2.26. The summed E-state index contributed by atoms with van der Waals surface area (Å²) >= 11 is 6.05. The minimum atomic E-state index is -0.863. The fourth-order valence-electron chi connectivity index (χ4n) is 4.25. The minimum Gasteiger partial charge on any atom is -0.370 e. The average Bonchev–Trinajstić information content (AvgIpc) is 3.17. The molecule has 0 aromatic heterocycles. The maximum Gasteiger partial charge on any atom is 0.305 e. The number of nitro groups is 2. The molecule has 14 nitrogen and oxygen atoms in total. The van der Waals surface area contributed by atoms with E-state index in [-0.39, 0.29) is 34.8 Å². The molecular formula is C26H22ClN7O7. The van der Waals surface area contributed by atoms with Crippen molar-refractivity contribution in [3.05, 3.63) is 91.0 Å². The van der Waals surface area contributed by atoms with Crippen molar-refractivity contribution in [1.29, 1.82) is 0 Å². The summed E-state index contributed by atoms with van der Waals surface area (Å²) in [5, 5.41) is 32.7. The molecule has 0 spiro atoms. The van der Waals surface area contributed by atoms with Gasteiger partial charge in [0.1, 0.15) is 5.69 Å². The molecule has 0 saturated carbocycles. The van der Waals surface area contributed by atoms with Crippen molar-refractivity contribution in [3.8, 4) is 0 Å². The Morgan fingerprint density at radius 1 is 1.00 bits per heavy atom. The second-order valence-electron chi connectivity index (χ2n) is 8.78. The number of azo groups is 1. The predicted molar refractivity (Wildman–Crippen MR) is 149 cm³/mol. The number of nitro benzene ring substituents is 2. The number of fused-ring (bicyclic) bond motifs is 1. The van der Waals surface area contributed by atoms with Gasteiger partial charge in [0.25, 0.3) is 17.5 Å². The molecule has 0 bridgehead atoms. The first-order valence-electron chi connectivity index (χ1n) is 12.2. The fraction of sp³-hybridized carbons (Fsp3) is 0.192. The van der Waals surface area contributed by atoms with Crippen LogP contribution in [0.5, 0.6) is 0 Å². The van der Waals surface area contributed by atoms with E-state index in [0.717, 1.165) is 12.1 Å². The number of hydrogen-bond donors (Lipinski definition) is 1. The van der Waals surface area contributed by atoms with Crippen LogP contribution in [-0.4, -0.2) is 52.1 Å². The van der Waals surface area contributed by atoms with Gasteiger partial charge in [0.2, 0.25) is 5.91 Å². The maximum absolute atomic E-state index is 12.7. The van der Waals surface area contributed by atoms with E-state index < -0.39 is 32.8 Å². The number of nitrogens with one attached hydrogen (secondary N) is 1. The summed E-state index contributed by atoms with van der Waals surface area (Å²) in [6.45, 7) is 4.08. The number of imide groups is 1. The highest BCUT2D eigenvalue weighted by Gasteiger charge is 2.35. The second kappa shape index (κ2) is 11.9. The van der Waals surface area contributed by atoms with Gasteiger partial charge in [-0.3, -0.25) is 39.5 Å². The summed E-state index contributed by atoms with van der Waals surface area (Å²) in [4.78, 5) is 61.3. The van der Waals surface area contributed by atoms with Crippen LogP contribution in [0.25, 0.3) is 0 Å². The molecule has 0 saturated heterocycles. The number of likely N-dealkylation sites (N-methyl/N-ethyl adjacent to an activating group) is 1. The Morgan fingerprint density at radius 2 is 1.66 bits per heavy atom. The number of carbonyl (C=O) groups is 3. The van der Waals surface area contributed by atoms with Crippen LogP contribution in [0.15, 0.2) is 64.8 Å². The number of non-ortho nitro benzene ring substituents is 1. The van der Waals surface area contributed by atoms with Crippen LogP contribution in [-0.2, 0) is 4.79 Å². The first-order chi connectivity index (χ1) is 19.5. The quantitative estimate of drug-likeness (QED) is 0.138. The van der Waals surface area contributed by atoms with E-state index in [1.165, 1.54) is 17.9 Å². The minimum absolute atomic E-state index is 0.124. The maximum atomic E-state index is 12.7. The molecule has 3 aromatic carbocycles. The number of anilines is 2. The van der Waals surface area contributed by atoms with Gasteiger partial charge in [0.05, 0.1) is 37.7 Å². The molecule has 0 aliphatic carbocycles. The number of carbonyl (C=O) groups excluding carboxylic acids is 3. The van der Waals surface area contributed by atoms with Crippen LogP contribution >= 0.6 is 11.6 Å². The third-order valence-corrected chi connectivity index (χ3v) is 6.49. The highest BCUT2D eigenvalue weighted by Crippen LogP contribution is 2.40. The number of rotatable bonds is 10. The highest BCUT2D eigenvalue weighted by atomic mass is 35.5. The van der Waals surface area contributed by atoms with Crippen LogP contribution < -0.4 is 10.2 Å². The van der Waals surface area contributed by atoms with Gasteiger partial charge in [0.15, 0.2) is 5.69 Å². The lowest BCUT2D eigenvalue weighted by Crippen LogP contribution is -2.38. The molecule has 15 heteroatoms. The number of hydrogen-bond acceptors (Lipinski definition) is 10. The monoisotopic (exact) mass is 579 g/mol. The third-order valence-electron chi connectivity index (χ3n) is 6.20. The number of benzene rings is 3. The van der Waals surface area contributed by atoms with E-state index in [9.17, 15) is 34.6 Å². The van der Waals surface area contributed by atoms with E-state index in [4.69, 9.17) is 11.6 Å². The van der Waals surface area contributed by atoms with E-state index >= 15 is 0 Å². The Hall–Kier alpha value is -5.24. The molecule has 210 valence electrons. The van der Waals surface area contributed by atoms with Crippen molar-refractivity contribution in [2.45, 2.75) is 13.8 Å². The first-order valence-corrected chi connectivity index (χ1v) is 12.6. The Morgan fingerprint density at radius 3 is 2.22 bits per heavy atom. The fourth-order valence-corrected chi connectivity index (χ4v) is 4.49. The van der Waals surface area contributed by atoms with E-state index in [1.807, 2.05) is 11.8 Å². The molecule has 3 aromatic rings. The SMILES string of the molecule is CCN(CCN1C(=O)c2ccccc2C1=O)c1ccc(N=Nc2c(Cl)cc([N+](=O)[O-])cc2[N+](=O)[O-])c(NC(C)=O)c1. The summed E-state index contributed by atoms with van der Waals surface area (Å²) in [7, 11) is 0. The van der Waals surface area contributed by atoms with Gasteiger partial charge in [-0.1, -0.05) is 23.7 Å². The largest absolute Gasteiger partial charge is 0.370 e. The normalized spacial score (nSPS) is 12.5. The summed E-state index contributed by atoms with van der Waals surface area (Å²) in [5.74, 6) is -1.15. The second-order valence-corrected chi connectivity index (χ2v) is 9.19. The van der Waals surface area contributed by atoms with Crippen molar-refractivity contribution < 1.29 is 24.2 Å². The summed E-state index contributed by atoms with van der Waals surface area (Å²) < 4.78 is 0. The molecule has 0 fully saturated rings. The van der Waals surface area contributed by atoms with Gasteiger partial charge in [-0.25, -0.2) is 0 Å². The van der Waals surface area contributed by atoms with Crippen LogP contribution in [0, 0.1) is 20.2 Å². The van der Waals surface area contributed by atoms with Gasteiger partial charge in [-0.2, -0.15) is 0 Å². The Balaban J connectivity index is 1.60. The lowest BCUT2D eigenvalue weighted by atomic mass is 10.1. The van der Waals surface area contributed by atoms with E-state index in [0.29, 0.717) is 29.9 Å². The molecule has 1 heterocycles. The first kappa shape index (κ1) is 28.8. The van der Waals surface area contributed by atoms with Gasteiger partial charge in [0, 0.05) is 38.3 Å². The van der Waals surface area contributed by atoms with Gasteiger partial charge < -0.3 is 10.2 Å². The molecule has 0 atom stereocenters. The van der Waals surface area contributed by atoms with E-state index in [2.05, 4.69) is 15.5 Å². The van der Waals surface area contributed by atoms with Crippen molar-refractivity contribution in [2.24, 2.45) is 10.2 Å². The summed E-state index contributed by atoms with van der Waals surface area (Å²) in [5.41, 5.74) is 0.0130. The van der Waals surface area contributed by atoms with Crippen molar-refractivity contribution >= 4 is 63.4 Å². The van der Waals surface area contributed by atoms with Gasteiger partial charge >= 0.3 is 5.69 Å². The summed E-state index contributed by atoms with van der Waals surface area (Å²) in [6, 6.07) is 13.0. The highest BCUT2D eigenvalue weighted by molar-refractivity contribution is 6.33. The molecule has 41 heavy (non-hydrogen) atoms. The van der Waals surface area contributed by atoms with Gasteiger partial charge in [-0.15, -0.1) is 10.2 Å². The van der Waals surface area contributed by atoms with Crippen LogP contribution in [0.2, 0.25) is 5.02 Å². The van der Waals surface area contributed by atoms with Crippen molar-refractivity contribution in [1.82, 2.24) is 4.90 Å². The van der Waals surface area contributed by atoms with E-state index in [1.54, 1.807) is 36.4 Å². The molecule has 3 amide bonds. The number of halogens is 1. The Kier molecular flexibility index (Phi) is 8.33. The molecule has 1 N–H and O–H groups in total. The topological polar surface area (TPSA) is 181 Å². The number of nitrogens with zero attached hydrogens (tertiary/aromatic N) is 6. The third kappa shape index (κ3) is 6.01. The van der Waals surface area contributed by atoms with Crippen LogP contribution in [0.1, 0.15) is 34.6 Å². The molecule has 1 aliphatic rings. The van der Waals surface area contributed by atoms with Crippen molar-refractivity contribution in [3.63, 3.8) is 0 Å². The average molecular weight is 580 g/mol.